The molecule has 0 aliphatic rings. The molecule has 0 saturated carbocycles. The van der Waals surface area contributed by atoms with E-state index in [0.29, 0.717) is 6.42 Å². The molecule has 0 saturated heterocycles. The summed E-state index contributed by atoms with van der Waals surface area (Å²) in [5.74, 6) is -0.0828. The van der Waals surface area contributed by atoms with Crippen LogP contribution in [0.3, 0.4) is 0 Å². The smallest absolute Gasteiger partial charge is 0.242 e. The van der Waals surface area contributed by atoms with Gasteiger partial charge in [0.2, 0.25) is 11.8 Å². The highest BCUT2D eigenvalue weighted by Crippen LogP contribution is 2.00. The zero-order chi connectivity index (χ0) is 11.8. The van der Waals surface area contributed by atoms with Crippen LogP contribution in [0.1, 0.15) is 19.8 Å². The number of hydrogen-bond donors (Lipinski definition) is 3. The van der Waals surface area contributed by atoms with Crippen molar-refractivity contribution in [1.82, 2.24) is 5.32 Å². The van der Waals surface area contributed by atoms with Gasteiger partial charge in [0.1, 0.15) is 6.04 Å². The fourth-order valence-corrected chi connectivity index (χ4v) is 1.49. The van der Waals surface area contributed by atoms with Crippen molar-refractivity contribution in [3.05, 3.63) is 0 Å². The van der Waals surface area contributed by atoms with Gasteiger partial charge in [-0.1, -0.05) is 0 Å². The number of carbonyl (C=O) groups excluding carboxylic acids is 2. The second-order valence-corrected chi connectivity index (χ2v) is 4.27. The van der Waals surface area contributed by atoms with E-state index < -0.39 is 18.1 Å². The van der Waals surface area contributed by atoms with Crippen LogP contribution >= 0.6 is 11.8 Å². The highest BCUT2D eigenvalue weighted by atomic mass is 32.2. The topological polar surface area (TPSA) is 92.4 Å². The van der Waals surface area contributed by atoms with Crippen LogP contribution in [0.15, 0.2) is 0 Å². The lowest BCUT2D eigenvalue weighted by Gasteiger charge is -2.17. The largest absolute Gasteiger partial charge is 0.391 e. The summed E-state index contributed by atoms with van der Waals surface area (Å²) in [6.07, 6.45) is 2.09. The summed E-state index contributed by atoms with van der Waals surface area (Å²) in [6, 6.07) is -0.994. The van der Waals surface area contributed by atoms with Crippen LogP contribution in [0.25, 0.3) is 0 Å². The van der Waals surface area contributed by atoms with Crippen molar-refractivity contribution in [3.63, 3.8) is 0 Å². The fraction of sp³-hybridized carbons (Fsp3) is 0.778. The molecule has 0 unspecified atom stereocenters. The minimum absolute atomic E-state index is 0.256. The van der Waals surface area contributed by atoms with Crippen molar-refractivity contribution in [2.24, 2.45) is 5.73 Å². The molecule has 2 atom stereocenters. The quantitative estimate of drug-likeness (QED) is 0.517. The number of nitrogens with two attached hydrogens (primary N) is 1. The summed E-state index contributed by atoms with van der Waals surface area (Å²) >= 11 is 1.65. The number of aliphatic hydroxyl groups excluding tert-OH is 1. The molecule has 0 spiro atoms. The first-order chi connectivity index (χ1) is 6.99. The molecular formula is C9H18N2O3S. The Morgan fingerprint density at radius 2 is 2.13 bits per heavy atom. The van der Waals surface area contributed by atoms with Crippen molar-refractivity contribution in [2.45, 2.75) is 31.9 Å². The number of nitrogens with one attached hydrogen (secondary N) is 1. The summed E-state index contributed by atoms with van der Waals surface area (Å²) in [5.41, 5.74) is 5.02. The highest BCUT2D eigenvalue weighted by molar-refractivity contribution is 7.98. The number of aliphatic hydroxyl groups is 1. The lowest BCUT2D eigenvalue weighted by atomic mass is 10.1. The maximum Gasteiger partial charge on any atom is 0.242 e. The molecule has 88 valence electrons. The van der Waals surface area contributed by atoms with E-state index in [2.05, 4.69) is 5.32 Å². The third-order valence-electron chi connectivity index (χ3n) is 1.86. The Hall–Kier alpha value is -0.750. The molecule has 2 amide bonds. The fourth-order valence-electron chi connectivity index (χ4n) is 1.05. The average molecular weight is 234 g/mol. The van der Waals surface area contributed by atoms with E-state index in [0.717, 1.165) is 12.2 Å². The summed E-state index contributed by atoms with van der Waals surface area (Å²) in [7, 11) is 0. The molecule has 5 nitrogen and oxygen atoms in total. The normalized spacial score (nSPS) is 14.3. The standard InChI is InChI=1S/C9H18N2O3S/c1-6(12)8(9(10)14)11-7(13)4-3-5-15-2/h6,8,12H,3-5H2,1-2H3,(H2,10,14)(H,11,13)/t6-,8+/m1/s1. The molecule has 0 radical (unpaired) electrons. The molecule has 15 heavy (non-hydrogen) atoms. The Labute approximate surface area is 93.8 Å². The van der Waals surface area contributed by atoms with Gasteiger partial charge in [0.15, 0.2) is 0 Å². The summed E-state index contributed by atoms with van der Waals surface area (Å²) in [4.78, 5) is 22.1. The Bertz CT molecular complexity index is 221. The molecule has 0 heterocycles. The molecule has 0 rings (SSSR count). The van der Waals surface area contributed by atoms with E-state index in [1.807, 2.05) is 6.26 Å². The van der Waals surface area contributed by atoms with Gasteiger partial charge in [-0.25, -0.2) is 0 Å². The zero-order valence-electron chi connectivity index (χ0n) is 9.03. The van der Waals surface area contributed by atoms with Crippen LogP contribution < -0.4 is 11.1 Å². The zero-order valence-corrected chi connectivity index (χ0v) is 9.84. The SMILES string of the molecule is CSCCCC(=O)N[C@H](C(N)=O)[C@@H](C)O. The Kier molecular flexibility index (Phi) is 7.15. The van der Waals surface area contributed by atoms with E-state index in [-0.39, 0.29) is 5.91 Å². The average Bonchev–Trinajstić information content (AvgIpc) is 2.13. The molecular weight excluding hydrogens is 216 g/mol. The maximum atomic E-state index is 11.3. The van der Waals surface area contributed by atoms with Gasteiger partial charge in [-0.15, -0.1) is 0 Å². The summed E-state index contributed by atoms with van der Waals surface area (Å²) in [5, 5.41) is 11.6. The number of hydrogen-bond acceptors (Lipinski definition) is 4. The van der Waals surface area contributed by atoms with Crippen molar-refractivity contribution >= 4 is 23.6 Å². The molecule has 0 aliphatic carbocycles. The van der Waals surface area contributed by atoms with E-state index in [1.54, 1.807) is 11.8 Å². The van der Waals surface area contributed by atoms with Crippen LogP contribution in [-0.4, -0.2) is 41.1 Å². The first kappa shape index (κ1) is 14.2. The molecule has 4 N–H and O–H groups in total. The number of rotatable bonds is 7. The Morgan fingerprint density at radius 3 is 2.53 bits per heavy atom. The first-order valence-corrected chi connectivity index (χ1v) is 6.14. The second-order valence-electron chi connectivity index (χ2n) is 3.28. The maximum absolute atomic E-state index is 11.3. The molecule has 0 bridgehead atoms. The summed E-state index contributed by atoms with van der Waals surface area (Å²) < 4.78 is 0. The number of primary amides is 1. The van der Waals surface area contributed by atoms with Crippen molar-refractivity contribution in [1.29, 1.82) is 0 Å². The molecule has 0 aromatic rings. The Balaban J connectivity index is 3.95. The Morgan fingerprint density at radius 1 is 1.53 bits per heavy atom. The van der Waals surface area contributed by atoms with Crippen LogP contribution in [0.5, 0.6) is 0 Å². The minimum Gasteiger partial charge on any atom is -0.391 e. The van der Waals surface area contributed by atoms with Gasteiger partial charge in [-0.05, 0) is 25.4 Å². The van der Waals surface area contributed by atoms with Crippen molar-refractivity contribution < 1.29 is 14.7 Å². The van der Waals surface area contributed by atoms with Gasteiger partial charge in [-0.3, -0.25) is 9.59 Å². The van der Waals surface area contributed by atoms with E-state index in [4.69, 9.17) is 5.73 Å². The van der Waals surface area contributed by atoms with Crippen molar-refractivity contribution in [2.75, 3.05) is 12.0 Å². The minimum atomic E-state index is -0.994. The van der Waals surface area contributed by atoms with E-state index >= 15 is 0 Å². The lowest BCUT2D eigenvalue weighted by molar-refractivity contribution is -0.129. The predicted molar refractivity (Wildman–Crippen MR) is 60.4 cm³/mol. The van der Waals surface area contributed by atoms with Gasteiger partial charge >= 0.3 is 0 Å². The number of carbonyl (C=O) groups is 2. The molecule has 6 heteroatoms. The lowest BCUT2D eigenvalue weighted by Crippen LogP contribution is -2.50. The van der Waals surface area contributed by atoms with Gasteiger partial charge in [0.05, 0.1) is 6.10 Å². The third kappa shape index (κ3) is 6.35. The molecule has 0 aliphatic heterocycles. The monoisotopic (exact) mass is 234 g/mol. The van der Waals surface area contributed by atoms with Gasteiger partial charge in [0, 0.05) is 6.42 Å². The second kappa shape index (κ2) is 7.53. The van der Waals surface area contributed by atoms with Gasteiger partial charge in [0.25, 0.3) is 0 Å². The van der Waals surface area contributed by atoms with Crippen molar-refractivity contribution in [3.8, 4) is 0 Å². The highest BCUT2D eigenvalue weighted by Gasteiger charge is 2.22. The van der Waals surface area contributed by atoms with E-state index in [1.165, 1.54) is 6.92 Å². The molecule has 0 fully saturated rings. The molecule has 0 aromatic heterocycles. The molecule has 0 aromatic carbocycles. The number of thioether (sulfide) groups is 1. The van der Waals surface area contributed by atoms with Crippen LogP contribution in [0.2, 0.25) is 0 Å². The number of amides is 2. The predicted octanol–water partition coefficient (Wildman–Crippen LogP) is -0.519. The van der Waals surface area contributed by atoms with Crippen LogP contribution in [0.4, 0.5) is 0 Å². The van der Waals surface area contributed by atoms with E-state index in [9.17, 15) is 14.7 Å². The summed E-state index contributed by atoms with van der Waals surface area (Å²) in [6.45, 7) is 1.41. The van der Waals surface area contributed by atoms with Gasteiger partial charge < -0.3 is 16.2 Å². The first-order valence-electron chi connectivity index (χ1n) is 4.74. The van der Waals surface area contributed by atoms with Crippen LogP contribution in [0, 0.1) is 0 Å². The van der Waals surface area contributed by atoms with Crippen LogP contribution in [-0.2, 0) is 9.59 Å². The third-order valence-corrected chi connectivity index (χ3v) is 2.55. The van der Waals surface area contributed by atoms with Gasteiger partial charge in [-0.2, -0.15) is 11.8 Å².